The van der Waals surface area contributed by atoms with Gasteiger partial charge in [0.05, 0.1) is 0 Å². The zero-order chi connectivity index (χ0) is 16.8. The highest BCUT2D eigenvalue weighted by molar-refractivity contribution is 6.04. The van der Waals surface area contributed by atoms with Crippen LogP contribution in [0, 0.1) is 5.41 Å². The van der Waals surface area contributed by atoms with Crippen LogP contribution < -0.4 is 5.32 Å². The molecular formula is C17H27N3O2. The van der Waals surface area contributed by atoms with Crippen molar-refractivity contribution in [2.45, 2.75) is 46.6 Å². The number of aromatic nitrogens is 1. The lowest BCUT2D eigenvalue weighted by molar-refractivity contribution is -0.147. The number of rotatable bonds is 7. The van der Waals surface area contributed by atoms with Gasteiger partial charge >= 0.3 is 0 Å². The molecule has 0 saturated carbocycles. The lowest BCUT2D eigenvalue weighted by Crippen LogP contribution is -2.50. The van der Waals surface area contributed by atoms with Gasteiger partial charge in [0.25, 0.3) is 0 Å². The quantitative estimate of drug-likeness (QED) is 0.784. The standard InChI is InChI=1S/C17H27N3O2/c1-6-13(2)19-15(21)17(3,4)16(22)20(5)12-9-14-7-10-18-11-8-14/h7-8,10-11,13H,6,9,12H2,1-5H3,(H,19,21). The molecule has 1 aromatic rings. The van der Waals surface area contributed by atoms with Crippen molar-refractivity contribution in [2.75, 3.05) is 13.6 Å². The van der Waals surface area contributed by atoms with E-state index in [0.717, 1.165) is 18.4 Å². The molecule has 1 heterocycles. The molecule has 0 aliphatic rings. The molecule has 0 spiro atoms. The van der Waals surface area contributed by atoms with E-state index in [4.69, 9.17) is 0 Å². The van der Waals surface area contributed by atoms with Crippen LogP contribution in [0.5, 0.6) is 0 Å². The van der Waals surface area contributed by atoms with Crippen LogP contribution in [0.15, 0.2) is 24.5 Å². The van der Waals surface area contributed by atoms with E-state index in [1.807, 2.05) is 26.0 Å². The average molecular weight is 305 g/mol. The highest BCUT2D eigenvalue weighted by Crippen LogP contribution is 2.19. The fraction of sp³-hybridized carbons (Fsp3) is 0.588. The smallest absolute Gasteiger partial charge is 0.237 e. The molecule has 1 N–H and O–H groups in total. The van der Waals surface area contributed by atoms with Gasteiger partial charge in [-0.25, -0.2) is 0 Å². The summed E-state index contributed by atoms with van der Waals surface area (Å²) < 4.78 is 0. The minimum absolute atomic E-state index is 0.0710. The molecule has 0 aliphatic heterocycles. The monoisotopic (exact) mass is 305 g/mol. The largest absolute Gasteiger partial charge is 0.353 e. The Bertz CT molecular complexity index is 500. The van der Waals surface area contributed by atoms with Crippen LogP contribution in [-0.2, 0) is 16.0 Å². The lowest BCUT2D eigenvalue weighted by atomic mass is 9.90. The van der Waals surface area contributed by atoms with E-state index in [1.54, 1.807) is 38.2 Å². The highest BCUT2D eigenvalue weighted by Gasteiger charge is 2.38. The first kappa shape index (κ1) is 18.1. The molecule has 122 valence electrons. The van der Waals surface area contributed by atoms with Gasteiger partial charge in [-0.1, -0.05) is 6.92 Å². The highest BCUT2D eigenvalue weighted by atomic mass is 16.2. The Balaban J connectivity index is 2.62. The molecule has 0 bridgehead atoms. The minimum atomic E-state index is -1.06. The van der Waals surface area contributed by atoms with Crippen LogP contribution in [0.1, 0.15) is 39.7 Å². The van der Waals surface area contributed by atoms with Gasteiger partial charge in [-0.3, -0.25) is 14.6 Å². The Hall–Kier alpha value is -1.91. The molecule has 0 fully saturated rings. The molecule has 22 heavy (non-hydrogen) atoms. The normalized spacial score (nSPS) is 12.6. The summed E-state index contributed by atoms with van der Waals surface area (Å²) in [5.41, 5.74) is 0.0627. The average Bonchev–Trinajstić information content (AvgIpc) is 2.52. The number of nitrogens with zero attached hydrogens (tertiary/aromatic N) is 2. The van der Waals surface area contributed by atoms with E-state index in [-0.39, 0.29) is 17.9 Å². The summed E-state index contributed by atoms with van der Waals surface area (Å²) in [5.74, 6) is -0.384. The van der Waals surface area contributed by atoms with Gasteiger partial charge < -0.3 is 10.2 Å². The van der Waals surface area contributed by atoms with E-state index in [2.05, 4.69) is 10.3 Å². The Morgan fingerprint density at radius 2 is 1.91 bits per heavy atom. The molecule has 5 heteroatoms. The number of carbonyl (C=O) groups excluding carboxylic acids is 2. The van der Waals surface area contributed by atoms with Crippen molar-refractivity contribution in [2.24, 2.45) is 5.41 Å². The van der Waals surface area contributed by atoms with Gasteiger partial charge in [-0.15, -0.1) is 0 Å². The summed E-state index contributed by atoms with van der Waals surface area (Å²) in [7, 11) is 1.74. The molecule has 1 aromatic heterocycles. The second-order valence-electron chi connectivity index (χ2n) is 6.24. The number of likely N-dealkylation sites (N-methyl/N-ethyl adjacent to an activating group) is 1. The molecule has 1 unspecified atom stereocenters. The molecule has 0 aromatic carbocycles. The third kappa shape index (κ3) is 4.83. The van der Waals surface area contributed by atoms with E-state index in [0.29, 0.717) is 6.54 Å². The summed E-state index contributed by atoms with van der Waals surface area (Å²) in [6.45, 7) is 7.86. The molecular weight excluding hydrogens is 278 g/mol. The van der Waals surface area contributed by atoms with E-state index >= 15 is 0 Å². The first-order valence-corrected chi connectivity index (χ1v) is 7.74. The molecule has 0 saturated heterocycles. The number of hydrogen-bond donors (Lipinski definition) is 1. The number of nitrogens with one attached hydrogen (secondary N) is 1. The molecule has 1 rings (SSSR count). The predicted molar refractivity (Wildman–Crippen MR) is 87.3 cm³/mol. The van der Waals surface area contributed by atoms with Crippen LogP contribution in [0.25, 0.3) is 0 Å². The Kier molecular flexibility index (Phi) is 6.53. The number of carbonyl (C=O) groups is 2. The Morgan fingerprint density at radius 1 is 1.32 bits per heavy atom. The van der Waals surface area contributed by atoms with Crippen molar-refractivity contribution >= 4 is 11.8 Å². The van der Waals surface area contributed by atoms with Crippen LogP contribution in [0.3, 0.4) is 0 Å². The second kappa shape index (κ2) is 7.92. The van der Waals surface area contributed by atoms with Crippen LogP contribution in [0.2, 0.25) is 0 Å². The van der Waals surface area contributed by atoms with Gasteiger partial charge in [0.2, 0.25) is 11.8 Å². The van der Waals surface area contributed by atoms with Crippen LogP contribution >= 0.6 is 0 Å². The Labute approximate surface area is 133 Å². The van der Waals surface area contributed by atoms with E-state index < -0.39 is 5.41 Å². The van der Waals surface area contributed by atoms with Gasteiger partial charge in [0, 0.05) is 32.0 Å². The lowest BCUT2D eigenvalue weighted by Gasteiger charge is -2.29. The summed E-state index contributed by atoms with van der Waals surface area (Å²) in [6.07, 6.45) is 5.06. The van der Waals surface area contributed by atoms with E-state index in [9.17, 15) is 9.59 Å². The zero-order valence-electron chi connectivity index (χ0n) is 14.2. The fourth-order valence-electron chi connectivity index (χ4n) is 2.03. The SMILES string of the molecule is CCC(C)NC(=O)C(C)(C)C(=O)N(C)CCc1ccncc1. The van der Waals surface area contributed by atoms with Gasteiger partial charge in [0.1, 0.15) is 5.41 Å². The van der Waals surface area contributed by atoms with Crippen molar-refractivity contribution in [3.8, 4) is 0 Å². The summed E-state index contributed by atoms with van der Waals surface area (Å²) >= 11 is 0. The molecule has 0 aliphatic carbocycles. The maximum atomic E-state index is 12.6. The van der Waals surface area contributed by atoms with Gasteiger partial charge in [-0.05, 0) is 51.3 Å². The van der Waals surface area contributed by atoms with Crippen LogP contribution in [0.4, 0.5) is 0 Å². The molecule has 2 amide bonds. The second-order valence-corrected chi connectivity index (χ2v) is 6.24. The Morgan fingerprint density at radius 3 is 2.45 bits per heavy atom. The minimum Gasteiger partial charge on any atom is -0.353 e. The molecule has 5 nitrogen and oxygen atoms in total. The van der Waals surface area contributed by atoms with Crippen molar-refractivity contribution < 1.29 is 9.59 Å². The van der Waals surface area contributed by atoms with Gasteiger partial charge in [-0.2, -0.15) is 0 Å². The third-order valence-electron chi connectivity index (χ3n) is 3.92. The van der Waals surface area contributed by atoms with Gasteiger partial charge in [0.15, 0.2) is 0 Å². The van der Waals surface area contributed by atoms with Crippen molar-refractivity contribution in [3.63, 3.8) is 0 Å². The van der Waals surface area contributed by atoms with Crippen molar-refractivity contribution in [3.05, 3.63) is 30.1 Å². The maximum Gasteiger partial charge on any atom is 0.237 e. The summed E-state index contributed by atoms with van der Waals surface area (Å²) in [6, 6.07) is 3.93. The first-order chi connectivity index (χ1) is 10.3. The third-order valence-corrected chi connectivity index (χ3v) is 3.92. The number of hydrogen-bond acceptors (Lipinski definition) is 3. The topological polar surface area (TPSA) is 62.3 Å². The van der Waals surface area contributed by atoms with Crippen LogP contribution in [-0.4, -0.2) is 41.3 Å². The maximum absolute atomic E-state index is 12.6. The van der Waals surface area contributed by atoms with E-state index in [1.165, 1.54) is 0 Å². The predicted octanol–water partition coefficient (Wildman–Crippen LogP) is 2.02. The number of amides is 2. The summed E-state index contributed by atoms with van der Waals surface area (Å²) in [5, 5.41) is 2.88. The van der Waals surface area contributed by atoms with Crippen molar-refractivity contribution in [1.29, 1.82) is 0 Å². The number of pyridine rings is 1. The zero-order valence-corrected chi connectivity index (χ0v) is 14.2. The van der Waals surface area contributed by atoms with Crippen molar-refractivity contribution in [1.82, 2.24) is 15.2 Å². The fourth-order valence-corrected chi connectivity index (χ4v) is 2.03. The first-order valence-electron chi connectivity index (χ1n) is 7.74. The molecule has 0 radical (unpaired) electrons. The summed E-state index contributed by atoms with van der Waals surface area (Å²) in [4.78, 5) is 30.4. The molecule has 1 atom stereocenters.